The van der Waals surface area contributed by atoms with E-state index in [4.69, 9.17) is 31.7 Å². The number of carbonyl (C=O) groups excluding carboxylic acids is 7. The minimum atomic E-state index is -1.09. The molecule has 0 radical (unpaired) electrons. The second kappa shape index (κ2) is 64.3. The molecule has 0 aromatic heterocycles. The SMILES string of the molecule is CC.CC.CC.CC.CC.CC.CC.CC(=O)/C(=C\c1ccc(Cl)cc1)NC(=O)/C=C1\CCc2ccccc21.CC(=O)/C=C/c1ccccc1C=O.CC(C)(C)OC(=O)N1Cc2ccccc2/C1=C/C(=O)O.CCc1ccccc1/C=C/C(C)=O.Cc1ccccc1C=O.O=C(O)CC1CCc2ccccc21.O=C(O)CC1CCc2ccccc21. The van der Waals surface area contributed by atoms with Crippen molar-refractivity contribution in [3.05, 3.63) is 313 Å². The summed E-state index contributed by atoms with van der Waals surface area (Å²) in [5.74, 6) is -2.42. The van der Waals surface area contributed by atoms with Gasteiger partial charge in [-0.05, 0) is 201 Å². The van der Waals surface area contributed by atoms with E-state index < -0.39 is 29.6 Å². The number of amides is 2. The summed E-state index contributed by atoms with van der Waals surface area (Å²) in [7, 11) is 0. The van der Waals surface area contributed by atoms with Crippen molar-refractivity contribution in [1.82, 2.24) is 10.2 Å². The molecule has 120 heavy (non-hydrogen) atoms. The quantitative estimate of drug-likeness (QED) is 0.0518. The zero-order valence-electron chi connectivity index (χ0n) is 75.1. The lowest BCUT2D eigenvalue weighted by Crippen LogP contribution is -2.33. The molecule has 8 aromatic rings. The van der Waals surface area contributed by atoms with Crippen molar-refractivity contribution in [2.24, 2.45) is 0 Å². The molecule has 2 unspecified atom stereocenters. The van der Waals surface area contributed by atoms with Gasteiger partial charge in [-0.15, -0.1) is 0 Å². The molecule has 8 aromatic carbocycles. The Morgan fingerprint density at radius 2 is 0.900 bits per heavy atom. The maximum atomic E-state index is 12.4. The van der Waals surface area contributed by atoms with Crippen LogP contribution >= 0.6 is 11.6 Å². The number of aliphatic carboxylic acids is 3. The Labute approximate surface area is 721 Å². The minimum absolute atomic E-state index is 0.0271. The van der Waals surface area contributed by atoms with Crippen LogP contribution in [0, 0.1) is 6.92 Å². The van der Waals surface area contributed by atoms with Gasteiger partial charge in [0.05, 0.1) is 30.8 Å². The third-order valence-corrected chi connectivity index (χ3v) is 17.4. The molecule has 16 nitrogen and oxygen atoms in total. The van der Waals surface area contributed by atoms with Gasteiger partial charge >= 0.3 is 24.0 Å². The van der Waals surface area contributed by atoms with Crippen LogP contribution in [-0.4, -0.2) is 85.7 Å². The van der Waals surface area contributed by atoms with Crippen LogP contribution in [0.4, 0.5) is 4.79 Å². The summed E-state index contributed by atoms with van der Waals surface area (Å²) in [6.07, 6.45) is 19.3. The molecule has 4 aliphatic rings. The molecule has 2 amide bonds. The zero-order valence-corrected chi connectivity index (χ0v) is 75.8. The highest BCUT2D eigenvalue weighted by Crippen LogP contribution is 2.38. The number of carboxylic acid groups (broad SMARTS) is 3. The van der Waals surface area contributed by atoms with Crippen LogP contribution in [0.15, 0.2) is 224 Å². The fourth-order valence-electron chi connectivity index (χ4n) is 12.0. The maximum absolute atomic E-state index is 12.4. The molecule has 0 saturated carbocycles. The molecule has 0 fully saturated rings. The molecule has 0 saturated heterocycles. The minimum Gasteiger partial charge on any atom is -0.481 e. The Morgan fingerprint density at radius 1 is 0.483 bits per heavy atom. The van der Waals surface area contributed by atoms with Crippen LogP contribution in [0.5, 0.6) is 0 Å². The Bertz CT molecular complexity index is 4520. The highest BCUT2D eigenvalue weighted by molar-refractivity contribution is 6.30. The number of nitrogens with one attached hydrogen (secondary N) is 1. The zero-order chi connectivity index (χ0) is 91.3. The fraction of sp³-hybridized carbons (Fsp3) is 0.340. The number of allylic oxidation sites excluding steroid dienone is 4. The number of benzene rings is 8. The van der Waals surface area contributed by atoms with E-state index in [1.165, 1.54) is 58.2 Å². The van der Waals surface area contributed by atoms with Gasteiger partial charge < -0.3 is 25.4 Å². The molecule has 2 atom stereocenters. The van der Waals surface area contributed by atoms with E-state index in [1.807, 2.05) is 219 Å². The predicted molar refractivity (Wildman–Crippen MR) is 497 cm³/mol. The van der Waals surface area contributed by atoms with E-state index in [2.05, 4.69) is 48.6 Å². The number of fused-ring (bicyclic) bond motifs is 4. The average Bonchev–Trinajstić information content (AvgIpc) is 1.60. The number of ketones is 3. The molecule has 646 valence electrons. The lowest BCUT2D eigenvalue weighted by Gasteiger charge is -2.25. The van der Waals surface area contributed by atoms with E-state index in [0.29, 0.717) is 22.8 Å². The number of Topliss-reactive ketones (excluding diaryl/α,β-unsaturated/α-hetero) is 1. The van der Waals surface area contributed by atoms with E-state index in [9.17, 15) is 47.9 Å². The highest BCUT2D eigenvalue weighted by atomic mass is 35.5. The molecular formula is C103H133ClN2O14. The third kappa shape index (κ3) is 42.1. The first-order valence-corrected chi connectivity index (χ1v) is 42.3. The van der Waals surface area contributed by atoms with Crippen molar-refractivity contribution in [2.45, 2.75) is 234 Å². The Morgan fingerprint density at radius 3 is 1.34 bits per heavy atom. The third-order valence-electron chi connectivity index (χ3n) is 17.2. The molecule has 12 rings (SSSR count). The monoisotopic (exact) mass is 1660 g/mol. The maximum Gasteiger partial charge on any atom is 0.415 e. The van der Waals surface area contributed by atoms with Gasteiger partial charge in [-0.1, -0.05) is 310 Å². The normalized spacial score (nSPS) is 13.4. The lowest BCUT2D eigenvalue weighted by molar-refractivity contribution is -0.138. The smallest absolute Gasteiger partial charge is 0.415 e. The van der Waals surface area contributed by atoms with Gasteiger partial charge in [0.25, 0.3) is 0 Å². The van der Waals surface area contributed by atoms with Crippen LogP contribution in [0.3, 0.4) is 0 Å². The lowest BCUT2D eigenvalue weighted by atomic mass is 9.98. The number of hydrogen-bond acceptors (Lipinski definition) is 11. The van der Waals surface area contributed by atoms with E-state index >= 15 is 0 Å². The van der Waals surface area contributed by atoms with Crippen molar-refractivity contribution in [3.8, 4) is 0 Å². The van der Waals surface area contributed by atoms with Gasteiger partial charge in [0, 0.05) is 40.8 Å². The summed E-state index contributed by atoms with van der Waals surface area (Å²) in [6, 6.07) is 61.5. The number of halogens is 1. The molecule has 3 aliphatic carbocycles. The van der Waals surface area contributed by atoms with Gasteiger partial charge in [-0.25, -0.2) is 9.59 Å². The van der Waals surface area contributed by atoms with E-state index in [0.717, 1.165) is 114 Å². The molecule has 4 N–H and O–H groups in total. The first kappa shape index (κ1) is 110. The molecule has 1 aliphatic heterocycles. The molecular weight excluding hydrogens is 1520 g/mol. The van der Waals surface area contributed by atoms with E-state index in [-0.39, 0.29) is 53.6 Å². The second-order valence-corrected chi connectivity index (χ2v) is 26.7. The number of nitrogens with zero attached hydrogens (tertiary/aromatic N) is 1. The summed E-state index contributed by atoms with van der Waals surface area (Å²) in [5, 5.41) is 29.7. The number of carbonyl (C=O) groups is 10. The number of rotatable bonds is 16. The van der Waals surface area contributed by atoms with Gasteiger partial charge in [0.1, 0.15) is 11.9 Å². The highest BCUT2D eigenvalue weighted by Gasteiger charge is 2.33. The topological polar surface area (TPSA) is 256 Å². The van der Waals surface area contributed by atoms with Gasteiger partial charge in [0.2, 0.25) is 5.91 Å². The summed E-state index contributed by atoms with van der Waals surface area (Å²) in [4.78, 5) is 112. The number of hydrogen-bond donors (Lipinski definition) is 4. The number of aldehydes is 2. The van der Waals surface area contributed by atoms with Crippen LogP contribution in [0.2, 0.25) is 5.02 Å². The summed E-state index contributed by atoms with van der Waals surface area (Å²) < 4.78 is 5.32. The Balaban J connectivity index is 0. The Hall–Kier alpha value is -11.8. The molecule has 0 bridgehead atoms. The first-order chi connectivity index (χ1) is 57.7. The predicted octanol–water partition coefficient (Wildman–Crippen LogP) is 25.6. The van der Waals surface area contributed by atoms with Crippen molar-refractivity contribution in [2.75, 3.05) is 0 Å². The van der Waals surface area contributed by atoms with Crippen molar-refractivity contribution < 1.29 is 68.0 Å². The standard InChI is InChI=1S/C21H18ClNO2.C15H17NO4.C12H14O.2C11H12O2.C11H10O2.C8H8O.7C2H6/c1-14(24)20(12-15-6-10-18(22)11-7-15)23-21(25)13-17-9-8-16-4-2-3-5-19(16)17;1-15(2,3)20-14(19)16-9-10-6-4-5-7-11(10)12(16)8-13(17)18;1-3-11-6-4-5-7-12(11)9-8-10(2)13;2*12-11(13)7-9-6-5-8-3-1-2-4-10(8)9;1-9(13)6-7-10-4-2-3-5-11(10)8-12;1-7-4-2-3-5-8(7)6-9;7*1-2/h2-7,10-13H,8-9H2,1H3,(H,23,25);4-8H,9H2,1-3H3,(H,17,18);4-9H,3H2,1-2H3;2*1-4,9H,5-7H2,(H,12,13);2-8H,1H3;2-6H,1H3;7*1-2H3/b17-13+,20-12+;12-8-;9-8+;;;7-6+;;;;;;;;. The Kier molecular flexibility index (Phi) is 59.1. The van der Waals surface area contributed by atoms with Crippen LogP contribution in [0.1, 0.15) is 282 Å². The largest absolute Gasteiger partial charge is 0.481 e. The molecule has 1 heterocycles. The fourth-order valence-corrected chi connectivity index (χ4v) is 12.1. The van der Waals surface area contributed by atoms with Crippen molar-refractivity contribution >= 4 is 101 Å². The summed E-state index contributed by atoms with van der Waals surface area (Å²) >= 11 is 5.87. The summed E-state index contributed by atoms with van der Waals surface area (Å²) in [6.45, 7) is 42.1. The van der Waals surface area contributed by atoms with E-state index in [1.54, 1.807) is 101 Å². The molecule has 0 spiro atoms. The number of carboxylic acids is 3. The van der Waals surface area contributed by atoms with Gasteiger partial charge in [0.15, 0.2) is 23.6 Å². The van der Waals surface area contributed by atoms with Crippen LogP contribution in [-0.2, 0) is 70.5 Å². The van der Waals surface area contributed by atoms with Crippen molar-refractivity contribution in [3.63, 3.8) is 0 Å². The molecule has 17 heteroatoms. The number of ether oxygens (including phenoxy) is 1. The number of aryl methyl sites for hydroxylation is 5. The average molecular weight is 1660 g/mol. The van der Waals surface area contributed by atoms with Crippen LogP contribution in [0.25, 0.3) is 29.5 Å². The first-order valence-electron chi connectivity index (χ1n) is 41.9. The van der Waals surface area contributed by atoms with Gasteiger partial charge in [-0.3, -0.25) is 43.3 Å². The van der Waals surface area contributed by atoms with Crippen LogP contribution < -0.4 is 5.32 Å². The van der Waals surface area contributed by atoms with Gasteiger partial charge in [-0.2, -0.15) is 0 Å². The second-order valence-electron chi connectivity index (χ2n) is 26.3. The summed E-state index contributed by atoms with van der Waals surface area (Å²) in [5.41, 5.74) is 16.6. The van der Waals surface area contributed by atoms with Crippen molar-refractivity contribution in [1.29, 1.82) is 0 Å².